The molecule has 27 heavy (non-hydrogen) atoms. The Hall–Kier alpha value is -2.91. The van der Waals surface area contributed by atoms with Crippen molar-refractivity contribution in [2.75, 3.05) is 33.1 Å². The number of carbonyl (C=O) groups excluding carboxylic acids is 2. The Morgan fingerprint density at radius 2 is 1.78 bits per heavy atom. The summed E-state index contributed by atoms with van der Waals surface area (Å²) in [6.45, 7) is -0.526. The molecule has 0 aliphatic heterocycles. The molecule has 2 aromatic rings. The first-order valence-electron chi connectivity index (χ1n) is 7.88. The first kappa shape index (κ1) is 20.4. The van der Waals surface area contributed by atoms with Crippen LogP contribution in [0.15, 0.2) is 53.4 Å². The van der Waals surface area contributed by atoms with Crippen LogP contribution in [-0.4, -0.2) is 52.4 Å². The third-order valence-electron chi connectivity index (χ3n) is 3.56. The highest BCUT2D eigenvalue weighted by Crippen LogP contribution is 2.19. The maximum atomic E-state index is 12.1. The van der Waals surface area contributed by atoms with Crippen molar-refractivity contribution in [3.8, 4) is 5.75 Å². The summed E-state index contributed by atoms with van der Waals surface area (Å²) in [6.07, 6.45) is 0. The number of ether oxygens (including phenoxy) is 2. The van der Waals surface area contributed by atoms with Crippen LogP contribution in [0, 0.1) is 0 Å². The third kappa shape index (κ3) is 5.05. The van der Waals surface area contributed by atoms with Gasteiger partial charge in [-0.25, -0.2) is 17.5 Å². The van der Waals surface area contributed by atoms with Gasteiger partial charge in [0, 0.05) is 19.8 Å². The topological polar surface area (TPSA) is 102 Å². The summed E-state index contributed by atoms with van der Waals surface area (Å²) in [5, 5.41) is 2.50. The molecule has 144 valence electrons. The number of hydrogen-bond donors (Lipinski definition) is 1. The molecule has 0 aliphatic rings. The minimum atomic E-state index is -3.62. The van der Waals surface area contributed by atoms with Gasteiger partial charge in [0.25, 0.3) is 5.91 Å². The SMILES string of the molecule is COc1ccccc1C(=O)OCC(=O)Nc1cccc(S(=O)(=O)N(C)C)c1. The standard InChI is InChI=1S/C18H20N2O6S/c1-20(2)27(23,24)14-8-6-7-13(11-14)19-17(21)12-26-18(22)15-9-4-5-10-16(15)25-3/h4-11H,12H2,1-3H3,(H,19,21). The lowest BCUT2D eigenvalue weighted by Gasteiger charge is -2.13. The highest BCUT2D eigenvalue weighted by atomic mass is 32.2. The molecule has 1 N–H and O–H groups in total. The number of amides is 1. The predicted molar refractivity (Wildman–Crippen MR) is 99.2 cm³/mol. The second-order valence-electron chi connectivity index (χ2n) is 5.64. The average Bonchev–Trinajstić information content (AvgIpc) is 2.66. The van der Waals surface area contributed by atoms with Crippen molar-refractivity contribution in [3.63, 3.8) is 0 Å². The van der Waals surface area contributed by atoms with Gasteiger partial charge in [-0.2, -0.15) is 0 Å². The highest BCUT2D eigenvalue weighted by Gasteiger charge is 2.18. The quantitative estimate of drug-likeness (QED) is 0.720. The van der Waals surface area contributed by atoms with Crippen molar-refractivity contribution in [2.45, 2.75) is 4.90 Å². The molecule has 0 unspecified atom stereocenters. The Bertz CT molecular complexity index is 940. The Labute approximate surface area is 157 Å². The molecular formula is C18H20N2O6S. The number of hydrogen-bond acceptors (Lipinski definition) is 6. The molecule has 0 heterocycles. The average molecular weight is 392 g/mol. The van der Waals surface area contributed by atoms with Gasteiger partial charge in [0.1, 0.15) is 11.3 Å². The number of nitrogens with one attached hydrogen (secondary N) is 1. The van der Waals surface area contributed by atoms with Gasteiger partial charge < -0.3 is 14.8 Å². The van der Waals surface area contributed by atoms with Crippen LogP contribution in [0.1, 0.15) is 10.4 Å². The number of anilines is 1. The minimum Gasteiger partial charge on any atom is -0.496 e. The van der Waals surface area contributed by atoms with E-state index in [4.69, 9.17) is 9.47 Å². The van der Waals surface area contributed by atoms with Gasteiger partial charge in [-0.3, -0.25) is 4.79 Å². The fraction of sp³-hybridized carbons (Fsp3) is 0.222. The van der Waals surface area contributed by atoms with Crippen molar-refractivity contribution < 1.29 is 27.5 Å². The summed E-state index contributed by atoms with van der Waals surface area (Å²) in [6, 6.07) is 12.3. The summed E-state index contributed by atoms with van der Waals surface area (Å²) in [7, 11) is 0.631. The zero-order valence-electron chi connectivity index (χ0n) is 15.1. The van der Waals surface area contributed by atoms with Crippen molar-refractivity contribution in [1.29, 1.82) is 0 Å². The lowest BCUT2D eigenvalue weighted by molar-refractivity contribution is -0.119. The molecule has 0 saturated heterocycles. The van der Waals surface area contributed by atoms with E-state index >= 15 is 0 Å². The van der Waals surface area contributed by atoms with Crippen LogP contribution in [0.3, 0.4) is 0 Å². The van der Waals surface area contributed by atoms with Gasteiger partial charge >= 0.3 is 5.97 Å². The molecule has 0 radical (unpaired) electrons. The normalized spacial score (nSPS) is 11.1. The van der Waals surface area contributed by atoms with Crippen LogP contribution >= 0.6 is 0 Å². The van der Waals surface area contributed by atoms with Crippen LogP contribution in [-0.2, 0) is 19.6 Å². The first-order valence-corrected chi connectivity index (χ1v) is 9.32. The van der Waals surface area contributed by atoms with Crippen molar-refractivity contribution >= 4 is 27.6 Å². The van der Waals surface area contributed by atoms with E-state index < -0.39 is 28.5 Å². The summed E-state index contributed by atoms with van der Waals surface area (Å²) >= 11 is 0. The second-order valence-corrected chi connectivity index (χ2v) is 7.79. The van der Waals surface area contributed by atoms with E-state index in [1.165, 1.54) is 51.5 Å². The molecule has 0 spiro atoms. The zero-order valence-corrected chi connectivity index (χ0v) is 15.9. The number of esters is 1. The van der Waals surface area contributed by atoms with Crippen LogP contribution in [0.25, 0.3) is 0 Å². The fourth-order valence-electron chi connectivity index (χ4n) is 2.16. The third-order valence-corrected chi connectivity index (χ3v) is 5.37. The van der Waals surface area contributed by atoms with E-state index in [0.717, 1.165) is 4.31 Å². The summed E-state index contributed by atoms with van der Waals surface area (Å²) in [4.78, 5) is 24.1. The van der Waals surface area contributed by atoms with Gasteiger partial charge in [-0.05, 0) is 30.3 Å². The van der Waals surface area contributed by atoms with Crippen LogP contribution in [0.2, 0.25) is 0 Å². The Morgan fingerprint density at radius 1 is 1.07 bits per heavy atom. The second kappa shape index (κ2) is 8.65. The lowest BCUT2D eigenvalue weighted by Crippen LogP contribution is -2.23. The highest BCUT2D eigenvalue weighted by molar-refractivity contribution is 7.89. The largest absolute Gasteiger partial charge is 0.496 e. The maximum absolute atomic E-state index is 12.1. The van der Waals surface area contributed by atoms with E-state index in [9.17, 15) is 18.0 Å². The van der Waals surface area contributed by atoms with Crippen molar-refractivity contribution in [2.24, 2.45) is 0 Å². The fourth-order valence-corrected chi connectivity index (χ4v) is 3.11. The van der Waals surface area contributed by atoms with Gasteiger partial charge in [-0.1, -0.05) is 18.2 Å². The predicted octanol–water partition coefficient (Wildman–Crippen LogP) is 1.74. The lowest BCUT2D eigenvalue weighted by atomic mass is 10.2. The molecule has 0 aliphatic carbocycles. The number of methoxy groups -OCH3 is 1. The van der Waals surface area contributed by atoms with Gasteiger partial charge in [0.15, 0.2) is 6.61 Å². The molecule has 0 saturated carbocycles. The molecule has 0 atom stereocenters. The smallest absolute Gasteiger partial charge is 0.342 e. The first-order chi connectivity index (χ1) is 12.8. The van der Waals surface area contributed by atoms with Crippen LogP contribution in [0.5, 0.6) is 5.75 Å². The molecule has 2 rings (SSSR count). The number of sulfonamides is 1. The van der Waals surface area contributed by atoms with E-state index in [2.05, 4.69) is 5.32 Å². The Balaban J connectivity index is 2.01. The van der Waals surface area contributed by atoms with E-state index in [1.807, 2.05) is 0 Å². The van der Waals surface area contributed by atoms with Gasteiger partial charge in [-0.15, -0.1) is 0 Å². The summed E-state index contributed by atoms with van der Waals surface area (Å²) in [5.41, 5.74) is 0.475. The zero-order chi connectivity index (χ0) is 20.0. The maximum Gasteiger partial charge on any atom is 0.342 e. The van der Waals surface area contributed by atoms with E-state index in [1.54, 1.807) is 18.2 Å². The number of rotatable bonds is 7. The van der Waals surface area contributed by atoms with Gasteiger partial charge in [0.05, 0.1) is 12.0 Å². The summed E-state index contributed by atoms with van der Waals surface area (Å²) in [5.74, 6) is -0.964. The number of nitrogens with zero attached hydrogens (tertiary/aromatic N) is 1. The summed E-state index contributed by atoms with van der Waals surface area (Å²) < 4.78 is 35.4. The minimum absolute atomic E-state index is 0.0383. The van der Waals surface area contributed by atoms with Crippen molar-refractivity contribution in [1.82, 2.24) is 4.31 Å². The Kier molecular flexibility index (Phi) is 6.54. The molecule has 2 aromatic carbocycles. The number of para-hydroxylation sites is 1. The van der Waals surface area contributed by atoms with E-state index in [-0.39, 0.29) is 16.1 Å². The molecule has 0 fully saturated rings. The molecule has 1 amide bonds. The number of benzene rings is 2. The molecule has 8 nitrogen and oxygen atoms in total. The van der Waals surface area contributed by atoms with Crippen molar-refractivity contribution in [3.05, 3.63) is 54.1 Å². The Morgan fingerprint density at radius 3 is 2.44 bits per heavy atom. The number of carbonyl (C=O) groups is 2. The van der Waals surface area contributed by atoms with Crippen LogP contribution in [0.4, 0.5) is 5.69 Å². The van der Waals surface area contributed by atoms with E-state index in [0.29, 0.717) is 5.75 Å². The van der Waals surface area contributed by atoms with Gasteiger partial charge in [0.2, 0.25) is 10.0 Å². The van der Waals surface area contributed by atoms with Crippen LogP contribution < -0.4 is 10.1 Å². The molecular weight excluding hydrogens is 372 g/mol. The molecule has 9 heteroatoms. The molecule has 0 bridgehead atoms. The monoisotopic (exact) mass is 392 g/mol. The molecule has 0 aromatic heterocycles.